The number of carbonyl (C=O) groups excluding carboxylic acids is 1. The van der Waals surface area contributed by atoms with Gasteiger partial charge in [0.05, 0.1) is 5.69 Å². The molecule has 0 fully saturated rings. The molecule has 1 heterocycles. The number of benzene rings is 2. The third-order valence-corrected chi connectivity index (χ3v) is 3.22. The zero-order chi connectivity index (χ0) is 17.3. The van der Waals surface area contributed by atoms with E-state index in [2.05, 4.69) is 10.3 Å². The van der Waals surface area contributed by atoms with E-state index in [9.17, 15) is 18.0 Å². The number of amides is 1. The molecule has 0 aliphatic heterocycles. The molecule has 122 valence electrons. The van der Waals surface area contributed by atoms with Crippen molar-refractivity contribution in [1.82, 2.24) is 4.98 Å². The van der Waals surface area contributed by atoms with Gasteiger partial charge in [0.15, 0.2) is 0 Å². The lowest BCUT2D eigenvalue weighted by molar-refractivity contribution is 0.101. The van der Waals surface area contributed by atoms with Crippen LogP contribution < -0.4 is 5.32 Å². The van der Waals surface area contributed by atoms with Gasteiger partial charge in [0, 0.05) is 23.4 Å². The highest BCUT2D eigenvalue weighted by atomic mass is 19.1. The second kappa shape index (κ2) is 6.19. The fourth-order valence-corrected chi connectivity index (χ4v) is 2.17. The monoisotopic (exact) mass is 332 g/mol. The van der Waals surface area contributed by atoms with Crippen LogP contribution in [0.25, 0.3) is 11.5 Å². The van der Waals surface area contributed by atoms with Gasteiger partial charge in [-0.3, -0.25) is 4.79 Å². The van der Waals surface area contributed by atoms with Gasteiger partial charge in [0.25, 0.3) is 5.91 Å². The molecule has 0 radical (unpaired) electrons. The zero-order valence-corrected chi connectivity index (χ0v) is 12.4. The summed E-state index contributed by atoms with van der Waals surface area (Å²) in [6.07, 6.45) is 1.48. The van der Waals surface area contributed by atoms with Crippen LogP contribution in [0, 0.1) is 24.4 Å². The maximum Gasteiger partial charge on any atom is 0.261 e. The van der Waals surface area contributed by atoms with Gasteiger partial charge in [0.1, 0.15) is 29.3 Å². The number of rotatable bonds is 3. The van der Waals surface area contributed by atoms with Crippen LogP contribution in [0.5, 0.6) is 0 Å². The van der Waals surface area contributed by atoms with Crippen molar-refractivity contribution in [1.29, 1.82) is 0 Å². The van der Waals surface area contributed by atoms with E-state index in [1.165, 1.54) is 12.3 Å². The molecule has 0 spiro atoms. The number of carbonyl (C=O) groups is 1. The Bertz CT molecular complexity index is 899. The van der Waals surface area contributed by atoms with Gasteiger partial charge < -0.3 is 9.73 Å². The van der Waals surface area contributed by atoms with Gasteiger partial charge in [-0.2, -0.15) is 0 Å². The van der Waals surface area contributed by atoms with Gasteiger partial charge in [-0.15, -0.1) is 0 Å². The summed E-state index contributed by atoms with van der Waals surface area (Å²) in [5, 5.41) is 2.37. The number of nitrogens with one attached hydrogen (secondary N) is 1. The normalized spacial score (nSPS) is 10.7. The molecule has 3 aromatic rings. The van der Waals surface area contributed by atoms with Crippen molar-refractivity contribution in [2.45, 2.75) is 6.92 Å². The summed E-state index contributed by atoms with van der Waals surface area (Å²) in [6, 6.07) is 7.31. The maximum atomic E-state index is 13.6. The van der Waals surface area contributed by atoms with E-state index in [-0.39, 0.29) is 5.69 Å². The minimum absolute atomic E-state index is 0.288. The molecule has 0 aliphatic rings. The summed E-state index contributed by atoms with van der Waals surface area (Å²) in [6.45, 7) is 1.76. The average Bonchev–Trinajstić information content (AvgIpc) is 2.93. The number of oxazole rings is 1. The van der Waals surface area contributed by atoms with Crippen molar-refractivity contribution >= 4 is 11.6 Å². The largest absolute Gasteiger partial charge is 0.444 e. The van der Waals surface area contributed by atoms with Crippen molar-refractivity contribution < 1.29 is 22.4 Å². The fraction of sp³-hybridized carbons (Fsp3) is 0.0588. The van der Waals surface area contributed by atoms with Gasteiger partial charge in [-0.05, 0) is 25.1 Å². The van der Waals surface area contributed by atoms with Crippen LogP contribution >= 0.6 is 0 Å². The number of aromatic nitrogens is 1. The molecule has 1 aromatic heterocycles. The van der Waals surface area contributed by atoms with Gasteiger partial charge in [-0.25, -0.2) is 18.2 Å². The van der Waals surface area contributed by atoms with E-state index in [0.717, 1.165) is 0 Å². The molecule has 1 N–H and O–H groups in total. The summed E-state index contributed by atoms with van der Waals surface area (Å²) in [7, 11) is 0. The topological polar surface area (TPSA) is 55.1 Å². The molecule has 0 aliphatic carbocycles. The van der Waals surface area contributed by atoms with Crippen LogP contribution in [0.15, 0.2) is 47.1 Å². The van der Waals surface area contributed by atoms with Crippen LogP contribution in [-0.4, -0.2) is 10.9 Å². The number of hydrogen-bond acceptors (Lipinski definition) is 3. The molecule has 0 bridgehead atoms. The Balaban J connectivity index is 1.88. The third-order valence-electron chi connectivity index (χ3n) is 3.22. The van der Waals surface area contributed by atoms with Crippen LogP contribution in [0.4, 0.5) is 18.9 Å². The van der Waals surface area contributed by atoms with Gasteiger partial charge >= 0.3 is 0 Å². The van der Waals surface area contributed by atoms with E-state index in [0.29, 0.717) is 29.3 Å². The lowest BCUT2D eigenvalue weighted by atomic mass is 10.1. The highest BCUT2D eigenvalue weighted by Crippen LogP contribution is 2.23. The number of nitrogens with zero attached hydrogens (tertiary/aromatic N) is 1. The minimum Gasteiger partial charge on any atom is -0.444 e. The summed E-state index contributed by atoms with van der Waals surface area (Å²) in [5.74, 6) is -4.31. The first-order valence-corrected chi connectivity index (χ1v) is 6.92. The van der Waals surface area contributed by atoms with Crippen molar-refractivity contribution in [3.05, 3.63) is 71.4 Å². The van der Waals surface area contributed by atoms with Crippen LogP contribution in [0.3, 0.4) is 0 Å². The van der Waals surface area contributed by atoms with E-state index < -0.39 is 28.9 Å². The second-order valence-electron chi connectivity index (χ2n) is 5.07. The molecule has 24 heavy (non-hydrogen) atoms. The number of halogens is 3. The highest BCUT2D eigenvalue weighted by Gasteiger charge is 2.19. The Kier molecular flexibility index (Phi) is 4.07. The first-order chi connectivity index (χ1) is 11.4. The number of anilines is 1. The van der Waals surface area contributed by atoms with Gasteiger partial charge in [0.2, 0.25) is 5.89 Å². The first kappa shape index (κ1) is 15.8. The SMILES string of the molecule is Cc1coc(-c2cccc(NC(=O)c3c(F)cc(F)cc3F)c2)n1. The molecule has 7 heteroatoms. The van der Waals surface area contributed by atoms with Crippen molar-refractivity contribution in [2.75, 3.05) is 5.32 Å². The van der Waals surface area contributed by atoms with Crippen molar-refractivity contribution in [3.63, 3.8) is 0 Å². The molecule has 0 saturated carbocycles. The molecular weight excluding hydrogens is 321 g/mol. The lowest BCUT2D eigenvalue weighted by Gasteiger charge is -2.08. The van der Waals surface area contributed by atoms with Gasteiger partial charge in [-0.1, -0.05) is 6.07 Å². The molecule has 3 rings (SSSR count). The highest BCUT2D eigenvalue weighted by molar-refractivity contribution is 6.04. The van der Waals surface area contributed by atoms with Crippen molar-refractivity contribution in [2.24, 2.45) is 0 Å². The van der Waals surface area contributed by atoms with E-state index in [1.54, 1.807) is 25.1 Å². The Labute approximate surface area is 134 Å². The Morgan fingerprint density at radius 1 is 1.12 bits per heavy atom. The summed E-state index contributed by atoms with van der Waals surface area (Å²) in [4.78, 5) is 16.2. The average molecular weight is 332 g/mol. The first-order valence-electron chi connectivity index (χ1n) is 6.92. The number of hydrogen-bond donors (Lipinski definition) is 1. The third kappa shape index (κ3) is 3.15. The standard InChI is InChI=1S/C17H11F3N2O2/c1-9-8-24-17(21-9)10-3-2-4-12(5-10)22-16(23)15-13(19)6-11(18)7-14(15)20/h2-8H,1H3,(H,22,23). The van der Waals surface area contributed by atoms with E-state index in [1.807, 2.05) is 0 Å². The van der Waals surface area contributed by atoms with Crippen LogP contribution in [0.2, 0.25) is 0 Å². The number of aryl methyl sites for hydroxylation is 1. The minimum atomic E-state index is -1.27. The second-order valence-corrected chi connectivity index (χ2v) is 5.07. The molecule has 4 nitrogen and oxygen atoms in total. The van der Waals surface area contributed by atoms with E-state index in [4.69, 9.17) is 4.42 Å². The molecule has 0 atom stereocenters. The Morgan fingerprint density at radius 2 is 1.83 bits per heavy atom. The Morgan fingerprint density at radius 3 is 2.46 bits per heavy atom. The lowest BCUT2D eigenvalue weighted by Crippen LogP contribution is -2.16. The Hall–Kier alpha value is -3.09. The van der Waals surface area contributed by atoms with E-state index >= 15 is 0 Å². The smallest absolute Gasteiger partial charge is 0.261 e. The predicted octanol–water partition coefficient (Wildman–Crippen LogP) is 4.32. The molecule has 0 unspecified atom stereocenters. The van der Waals surface area contributed by atoms with Crippen LogP contribution in [0.1, 0.15) is 16.1 Å². The van der Waals surface area contributed by atoms with Crippen LogP contribution in [-0.2, 0) is 0 Å². The predicted molar refractivity (Wildman–Crippen MR) is 80.9 cm³/mol. The maximum absolute atomic E-state index is 13.6. The molecule has 2 aromatic carbocycles. The zero-order valence-electron chi connectivity index (χ0n) is 12.4. The molecule has 0 saturated heterocycles. The quantitative estimate of drug-likeness (QED) is 0.777. The summed E-state index contributed by atoms with van der Waals surface area (Å²) in [5.41, 5.74) is 0.709. The van der Waals surface area contributed by atoms with Crippen molar-refractivity contribution in [3.8, 4) is 11.5 Å². The molecular formula is C17H11F3N2O2. The summed E-state index contributed by atoms with van der Waals surface area (Å²) < 4.78 is 45.5. The molecule has 1 amide bonds. The summed E-state index contributed by atoms with van der Waals surface area (Å²) >= 11 is 0. The fourth-order valence-electron chi connectivity index (χ4n) is 2.17.